The van der Waals surface area contributed by atoms with Crippen molar-refractivity contribution >= 4 is 11.9 Å². The fraction of sp³-hybridized carbons (Fsp3) is 0.529. The molecular formula is C17H24FNO5. The molecule has 0 radical (unpaired) electrons. The van der Waals surface area contributed by atoms with Crippen LogP contribution < -0.4 is 9.47 Å². The summed E-state index contributed by atoms with van der Waals surface area (Å²) in [5.74, 6) is -0.970. The van der Waals surface area contributed by atoms with E-state index < -0.39 is 11.8 Å². The molecule has 0 aliphatic carbocycles. The van der Waals surface area contributed by atoms with Crippen LogP contribution in [0.25, 0.3) is 0 Å². The molecular weight excluding hydrogens is 317 g/mol. The minimum absolute atomic E-state index is 0.114. The van der Waals surface area contributed by atoms with Crippen molar-refractivity contribution in [3.63, 3.8) is 0 Å². The second-order valence-electron chi connectivity index (χ2n) is 4.93. The van der Waals surface area contributed by atoms with Crippen LogP contribution >= 0.6 is 0 Å². The molecule has 0 bridgehead atoms. The lowest BCUT2D eigenvalue weighted by Gasteiger charge is -2.19. The Morgan fingerprint density at radius 1 is 1.12 bits per heavy atom. The van der Waals surface area contributed by atoms with Gasteiger partial charge in [0.05, 0.1) is 20.1 Å². The summed E-state index contributed by atoms with van der Waals surface area (Å²) < 4.78 is 29.5. The Labute approximate surface area is 141 Å². The van der Waals surface area contributed by atoms with E-state index in [4.69, 9.17) is 14.2 Å². The first-order chi connectivity index (χ1) is 11.5. The fourth-order valence-electron chi connectivity index (χ4n) is 2.16. The number of carbonyl (C=O) groups is 2. The van der Waals surface area contributed by atoms with Crippen molar-refractivity contribution in [2.45, 2.75) is 27.2 Å². The zero-order chi connectivity index (χ0) is 18.1. The number of rotatable bonds is 9. The Bertz CT molecular complexity index is 572. The van der Waals surface area contributed by atoms with Gasteiger partial charge in [-0.15, -0.1) is 0 Å². The molecule has 24 heavy (non-hydrogen) atoms. The van der Waals surface area contributed by atoms with Crippen LogP contribution in [-0.4, -0.2) is 50.2 Å². The van der Waals surface area contributed by atoms with Gasteiger partial charge in [0.25, 0.3) is 5.91 Å². The first kappa shape index (κ1) is 19.7. The number of methoxy groups -OCH3 is 1. The minimum Gasteiger partial charge on any atom is -0.493 e. The molecule has 1 amide bonds. The molecule has 0 saturated carbocycles. The number of likely N-dealkylation sites (N-methyl/N-ethyl adjacent to an activating group) is 1. The highest BCUT2D eigenvalue weighted by Gasteiger charge is 2.17. The van der Waals surface area contributed by atoms with Crippen LogP contribution in [0.2, 0.25) is 0 Å². The molecule has 134 valence electrons. The summed E-state index contributed by atoms with van der Waals surface area (Å²) in [6.07, 6.45) is -0.200. The van der Waals surface area contributed by atoms with Gasteiger partial charge in [-0.05, 0) is 26.8 Å². The van der Waals surface area contributed by atoms with Gasteiger partial charge in [0, 0.05) is 24.7 Å². The predicted octanol–water partition coefficient (Wildman–Crippen LogP) is 2.19. The fourth-order valence-corrected chi connectivity index (χ4v) is 2.16. The van der Waals surface area contributed by atoms with E-state index in [0.717, 1.165) is 6.07 Å². The zero-order valence-electron chi connectivity index (χ0n) is 14.6. The first-order valence-corrected chi connectivity index (χ1v) is 7.89. The van der Waals surface area contributed by atoms with E-state index in [-0.39, 0.29) is 42.6 Å². The monoisotopic (exact) mass is 341 g/mol. The Morgan fingerprint density at radius 2 is 1.79 bits per heavy atom. The van der Waals surface area contributed by atoms with Gasteiger partial charge in [0.15, 0.2) is 18.1 Å². The average Bonchev–Trinajstić information content (AvgIpc) is 2.56. The van der Waals surface area contributed by atoms with E-state index in [1.54, 1.807) is 11.8 Å². The van der Waals surface area contributed by atoms with Gasteiger partial charge in [-0.2, -0.15) is 0 Å². The number of esters is 1. The number of nitrogens with zero attached hydrogens (tertiary/aromatic N) is 1. The van der Waals surface area contributed by atoms with Gasteiger partial charge >= 0.3 is 5.97 Å². The highest BCUT2D eigenvalue weighted by molar-refractivity contribution is 5.78. The maximum Gasteiger partial charge on any atom is 0.310 e. The summed E-state index contributed by atoms with van der Waals surface area (Å²) >= 11 is 0. The zero-order valence-corrected chi connectivity index (χ0v) is 14.6. The predicted molar refractivity (Wildman–Crippen MR) is 86.7 cm³/mol. The SMILES string of the molecule is CCOC(=O)Cc1cc(OC)c(OCC(=O)N(CC)CC)cc1F. The Morgan fingerprint density at radius 3 is 2.33 bits per heavy atom. The van der Waals surface area contributed by atoms with Crippen molar-refractivity contribution in [1.82, 2.24) is 4.90 Å². The molecule has 0 unspecified atom stereocenters. The van der Waals surface area contributed by atoms with E-state index in [2.05, 4.69) is 0 Å². The standard InChI is InChI=1S/C17H24FNO5/c1-5-19(6-2)16(20)11-24-15-10-13(18)12(8-14(15)22-4)9-17(21)23-7-3/h8,10H,5-7,9,11H2,1-4H3. The van der Waals surface area contributed by atoms with Gasteiger partial charge in [-0.1, -0.05) is 0 Å². The second-order valence-corrected chi connectivity index (χ2v) is 4.93. The molecule has 0 atom stereocenters. The van der Waals surface area contributed by atoms with E-state index in [9.17, 15) is 14.0 Å². The van der Waals surface area contributed by atoms with Crippen LogP contribution in [0.5, 0.6) is 11.5 Å². The molecule has 0 saturated heterocycles. The van der Waals surface area contributed by atoms with Crippen molar-refractivity contribution in [2.24, 2.45) is 0 Å². The molecule has 6 nitrogen and oxygen atoms in total. The lowest BCUT2D eigenvalue weighted by molar-refractivity contribution is -0.142. The molecule has 0 fully saturated rings. The topological polar surface area (TPSA) is 65.1 Å². The first-order valence-electron chi connectivity index (χ1n) is 7.89. The molecule has 1 rings (SSSR count). The van der Waals surface area contributed by atoms with Gasteiger partial charge in [-0.25, -0.2) is 4.39 Å². The molecule has 1 aromatic rings. The molecule has 0 spiro atoms. The number of hydrogen-bond acceptors (Lipinski definition) is 5. The summed E-state index contributed by atoms with van der Waals surface area (Å²) in [6, 6.07) is 2.49. The van der Waals surface area contributed by atoms with Gasteiger partial charge < -0.3 is 19.1 Å². The molecule has 0 heterocycles. The van der Waals surface area contributed by atoms with Gasteiger partial charge in [-0.3, -0.25) is 9.59 Å². The Hall–Kier alpha value is -2.31. The lowest BCUT2D eigenvalue weighted by atomic mass is 10.1. The number of amides is 1. The maximum atomic E-state index is 14.1. The summed E-state index contributed by atoms with van der Waals surface area (Å²) in [7, 11) is 1.40. The highest BCUT2D eigenvalue weighted by Crippen LogP contribution is 2.30. The summed E-state index contributed by atoms with van der Waals surface area (Å²) in [6.45, 7) is 6.57. The molecule has 0 N–H and O–H groups in total. The van der Waals surface area contributed by atoms with Crippen LogP contribution in [0, 0.1) is 5.82 Å². The Balaban J connectivity index is 2.87. The van der Waals surface area contributed by atoms with E-state index >= 15 is 0 Å². The Kier molecular flexibility index (Phi) is 8.01. The van der Waals surface area contributed by atoms with E-state index in [1.165, 1.54) is 13.2 Å². The van der Waals surface area contributed by atoms with Crippen LogP contribution in [0.15, 0.2) is 12.1 Å². The molecule has 7 heteroatoms. The van der Waals surface area contributed by atoms with Crippen LogP contribution in [0.4, 0.5) is 4.39 Å². The van der Waals surface area contributed by atoms with Crippen molar-refractivity contribution < 1.29 is 28.2 Å². The van der Waals surface area contributed by atoms with E-state index in [1.807, 2.05) is 13.8 Å². The van der Waals surface area contributed by atoms with Crippen molar-refractivity contribution in [2.75, 3.05) is 33.4 Å². The van der Waals surface area contributed by atoms with Crippen LogP contribution in [0.3, 0.4) is 0 Å². The van der Waals surface area contributed by atoms with E-state index in [0.29, 0.717) is 13.1 Å². The summed E-state index contributed by atoms with van der Waals surface area (Å²) in [5, 5.41) is 0. The largest absolute Gasteiger partial charge is 0.493 e. The second kappa shape index (κ2) is 9.75. The normalized spacial score (nSPS) is 10.2. The van der Waals surface area contributed by atoms with Crippen LogP contribution in [-0.2, 0) is 20.7 Å². The minimum atomic E-state index is -0.617. The summed E-state index contributed by atoms with van der Waals surface area (Å²) in [4.78, 5) is 25.1. The van der Waals surface area contributed by atoms with Gasteiger partial charge in [0.2, 0.25) is 0 Å². The lowest BCUT2D eigenvalue weighted by Crippen LogP contribution is -2.34. The summed E-state index contributed by atoms with van der Waals surface area (Å²) in [5.41, 5.74) is 0.146. The molecule has 0 aromatic heterocycles. The highest BCUT2D eigenvalue weighted by atomic mass is 19.1. The molecule has 0 aliphatic rings. The maximum absolute atomic E-state index is 14.1. The van der Waals surface area contributed by atoms with Crippen molar-refractivity contribution in [1.29, 1.82) is 0 Å². The molecule has 0 aliphatic heterocycles. The van der Waals surface area contributed by atoms with Crippen molar-refractivity contribution in [3.8, 4) is 11.5 Å². The number of hydrogen-bond donors (Lipinski definition) is 0. The number of ether oxygens (including phenoxy) is 3. The quantitative estimate of drug-likeness (QED) is 0.644. The smallest absolute Gasteiger partial charge is 0.310 e. The third-order valence-electron chi connectivity index (χ3n) is 3.44. The third kappa shape index (κ3) is 5.40. The number of benzene rings is 1. The number of halogens is 1. The van der Waals surface area contributed by atoms with Crippen LogP contribution in [0.1, 0.15) is 26.3 Å². The average molecular weight is 341 g/mol. The van der Waals surface area contributed by atoms with Crippen molar-refractivity contribution in [3.05, 3.63) is 23.5 Å². The molecule has 1 aromatic carbocycles. The number of carbonyl (C=O) groups excluding carboxylic acids is 2. The van der Waals surface area contributed by atoms with Gasteiger partial charge in [0.1, 0.15) is 5.82 Å². The third-order valence-corrected chi connectivity index (χ3v) is 3.44.